The van der Waals surface area contributed by atoms with Gasteiger partial charge in [-0.3, -0.25) is 9.59 Å². The van der Waals surface area contributed by atoms with Gasteiger partial charge >= 0.3 is 5.97 Å². The summed E-state index contributed by atoms with van der Waals surface area (Å²) in [5.74, 6) is -0.665. The zero-order chi connectivity index (χ0) is 15.9. The van der Waals surface area contributed by atoms with Gasteiger partial charge in [0, 0.05) is 18.0 Å². The number of carboxylic acids is 1. The Morgan fingerprint density at radius 3 is 2.68 bits per heavy atom. The molecular formula is C17H21NO3S. The highest BCUT2D eigenvalue weighted by Crippen LogP contribution is 2.42. The molecule has 1 aromatic carbocycles. The van der Waals surface area contributed by atoms with E-state index in [1.54, 1.807) is 16.7 Å². The number of benzene rings is 1. The first-order chi connectivity index (χ1) is 10.4. The van der Waals surface area contributed by atoms with E-state index in [1.807, 2.05) is 32.0 Å². The van der Waals surface area contributed by atoms with Crippen LogP contribution in [0.4, 0.5) is 0 Å². The Bertz CT molecular complexity index is 591. The van der Waals surface area contributed by atoms with E-state index in [0.717, 1.165) is 6.42 Å². The number of carbonyl (C=O) groups is 2. The van der Waals surface area contributed by atoms with Gasteiger partial charge in [0.15, 0.2) is 0 Å². The van der Waals surface area contributed by atoms with Gasteiger partial charge < -0.3 is 10.0 Å². The number of fused-ring (bicyclic) bond motifs is 1. The summed E-state index contributed by atoms with van der Waals surface area (Å²) in [4.78, 5) is 27.4. The first-order valence-electron chi connectivity index (χ1n) is 7.71. The predicted octanol–water partition coefficient (Wildman–Crippen LogP) is 2.66. The average Bonchev–Trinajstić information content (AvgIpc) is 3.11. The molecule has 0 spiro atoms. The summed E-state index contributed by atoms with van der Waals surface area (Å²) in [6, 6.07) is 8.10. The van der Waals surface area contributed by atoms with Crippen molar-refractivity contribution in [1.29, 1.82) is 0 Å². The van der Waals surface area contributed by atoms with Gasteiger partial charge in [-0.2, -0.15) is 0 Å². The number of hydrogen-bond donors (Lipinski definition) is 1. The fourth-order valence-electron chi connectivity index (χ4n) is 3.44. The number of rotatable bonds is 3. The third-order valence-corrected chi connectivity index (χ3v) is 6.37. The molecule has 2 unspecified atom stereocenters. The Balaban J connectivity index is 1.72. The van der Waals surface area contributed by atoms with E-state index in [1.165, 1.54) is 10.5 Å². The zero-order valence-corrected chi connectivity index (χ0v) is 13.7. The monoisotopic (exact) mass is 319 g/mol. The van der Waals surface area contributed by atoms with Gasteiger partial charge in [0.25, 0.3) is 0 Å². The van der Waals surface area contributed by atoms with Crippen molar-refractivity contribution in [3.63, 3.8) is 0 Å². The number of carboxylic acid groups (broad SMARTS) is 1. The van der Waals surface area contributed by atoms with Gasteiger partial charge in [0.2, 0.25) is 5.91 Å². The maximum Gasteiger partial charge on any atom is 0.311 e. The largest absolute Gasteiger partial charge is 0.481 e. The van der Waals surface area contributed by atoms with Crippen molar-refractivity contribution in [2.45, 2.75) is 36.8 Å². The van der Waals surface area contributed by atoms with E-state index < -0.39 is 11.4 Å². The molecule has 118 valence electrons. The summed E-state index contributed by atoms with van der Waals surface area (Å²) < 4.78 is 0. The van der Waals surface area contributed by atoms with Crippen molar-refractivity contribution < 1.29 is 14.7 Å². The van der Waals surface area contributed by atoms with Gasteiger partial charge in [-0.1, -0.05) is 32.0 Å². The Labute approximate surface area is 134 Å². The third kappa shape index (κ3) is 2.41. The quantitative estimate of drug-likeness (QED) is 0.930. The van der Waals surface area contributed by atoms with Crippen LogP contribution in [-0.2, 0) is 16.0 Å². The van der Waals surface area contributed by atoms with Crippen LogP contribution in [0.5, 0.6) is 0 Å². The van der Waals surface area contributed by atoms with E-state index >= 15 is 0 Å². The number of hydrogen-bond acceptors (Lipinski definition) is 3. The normalized spacial score (nSPS) is 27.2. The van der Waals surface area contributed by atoms with Gasteiger partial charge in [-0.15, -0.1) is 11.8 Å². The number of thioether (sulfide) groups is 1. The van der Waals surface area contributed by atoms with Crippen LogP contribution >= 0.6 is 11.8 Å². The molecule has 22 heavy (non-hydrogen) atoms. The number of carbonyl (C=O) groups excluding carboxylic acids is 1. The number of amides is 1. The van der Waals surface area contributed by atoms with Gasteiger partial charge in [0.05, 0.1) is 10.7 Å². The van der Waals surface area contributed by atoms with E-state index in [9.17, 15) is 14.7 Å². The molecule has 0 aromatic heterocycles. The second-order valence-corrected chi connectivity index (χ2v) is 7.79. The van der Waals surface area contributed by atoms with Gasteiger partial charge in [-0.05, 0) is 30.4 Å². The molecule has 0 saturated carbocycles. The van der Waals surface area contributed by atoms with Crippen molar-refractivity contribution in [3.8, 4) is 0 Å². The molecular weight excluding hydrogens is 298 g/mol. The molecule has 1 saturated heterocycles. The second-order valence-electron chi connectivity index (χ2n) is 6.54. The lowest BCUT2D eigenvalue weighted by Gasteiger charge is -2.29. The van der Waals surface area contributed by atoms with Crippen molar-refractivity contribution in [2.24, 2.45) is 11.3 Å². The standard InChI is InChI=1S/C17H21NO3S/c1-11(2)17(16(20)21)7-8-18(10-17)15(19)14-9-12-5-3-4-6-13(12)22-14/h3-6,11,14H,7-10H2,1-2H3,(H,20,21). The van der Waals surface area contributed by atoms with E-state index in [2.05, 4.69) is 6.07 Å². The molecule has 0 radical (unpaired) electrons. The van der Waals surface area contributed by atoms with Crippen LogP contribution < -0.4 is 0 Å². The first kappa shape index (κ1) is 15.4. The van der Waals surface area contributed by atoms with E-state index in [0.29, 0.717) is 19.5 Å². The minimum Gasteiger partial charge on any atom is -0.481 e. The van der Waals surface area contributed by atoms with Gasteiger partial charge in [0.1, 0.15) is 0 Å². The van der Waals surface area contributed by atoms with Crippen LogP contribution in [0.1, 0.15) is 25.8 Å². The topological polar surface area (TPSA) is 57.6 Å². The maximum atomic E-state index is 12.8. The lowest BCUT2D eigenvalue weighted by molar-refractivity contribution is -0.151. The molecule has 2 aliphatic rings. The highest BCUT2D eigenvalue weighted by atomic mass is 32.2. The molecule has 2 aliphatic heterocycles. The van der Waals surface area contributed by atoms with Crippen molar-refractivity contribution in [1.82, 2.24) is 4.90 Å². The molecule has 1 aromatic rings. The first-order valence-corrected chi connectivity index (χ1v) is 8.59. The Morgan fingerprint density at radius 1 is 1.36 bits per heavy atom. The molecule has 5 heteroatoms. The summed E-state index contributed by atoms with van der Waals surface area (Å²) in [5.41, 5.74) is 0.435. The van der Waals surface area contributed by atoms with Crippen molar-refractivity contribution in [2.75, 3.05) is 13.1 Å². The van der Waals surface area contributed by atoms with Crippen LogP contribution in [-0.4, -0.2) is 40.2 Å². The van der Waals surface area contributed by atoms with Crippen LogP contribution in [0.2, 0.25) is 0 Å². The molecule has 1 N–H and O–H groups in total. The van der Waals surface area contributed by atoms with Crippen molar-refractivity contribution >= 4 is 23.6 Å². The lowest BCUT2D eigenvalue weighted by Crippen LogP contribution is -2.42. The summed E-state index contributed by atoms with van der Waals surface area (Å²) in [6.07, 6.45) is 1.30. The van der Waals surface area contributed by atoms with Crippen LogP contribution in [0.3, 0.4) is 0 Å². The van der Waals surface area contributed by atoms with Gasteiger partial charge in [-0.25, -0.2) is 0 Å². The lowest BCUT2D eigenvalue weighted by atomic mass is 9.76. The molecule has 1 amide bonds. The van der Waals surface area contributed by atoms with Crippen molar-refractivity contribution in [3.05, 3.63) is 29.8 Å². The fraction of sp³-hybridized carbons (Fsp3) is 0.529. The minimum atomic E-state index is -0.786. The highest BCUT2D eigenvalue weighted by molar-refractivity contribution is 8.01. The highest BCUT2D eigenvalue weighted by Gasteiger charge is 2.49. The number of aliphatic carboxylic acids is 1. The van der Waals surface area contributed by atoms with E-state index in [-0.39, 0.29) is 17.1 Å². The third-order valence-electron chi connectivity index (χ3n) is 5.07. The summed E-state index contributed by atoms with van der Waals surface area (Å²) in [5, 5.41) is 9.50. The zero-order valence-electron chi connectivity index (χ0n) is 12.9. The molecule has 1 fully saturated rings. The van der Waals surface area contributed by atoms with E-state index in [4.69, 9.17) is 0 Å². The number of nitrogens with zero attached hydrogens (tertiary/aromatic N) is 1. The van der Waals surface area contributed by atoms with Crippen LogP contribution in [0.15, 0.2) is 29.2 Å². The summed E-state index contributed by atoms with van der Waals surface area (Å²) in [6.45, 7) is 4.76. The fourth-order valence-corrected chi connectivity index (χ4v) is 4.72. The Kier molecular flexibility index (Phi) is 3.93. The van der Waals surface area contributed by atoms with Crippen LogP contribution in [0.25, 0.3) is 0 Å². The van der Waals surface area contributed by atoms with Crippen LogP contribution in [0, 0.1) is 11.3 Å². The maximum absolute atomic E-state index is 12.8. The average molecular weight is 319 g/mol. The molecule has 0 aliphatic carbocycles. The predicted molar refractivity (Wildman–Crippen MR) is 85.9 cm³/mol. The molecule has 4 nitrogen and oxygen atoms in total. The SMILES string of the molecule is CC(C)C1(C(=O)O)CCN(C(=O)C2Cc3ccccc3S2)C1. The molecule has 2 atom stereocenters. The smallest absolute Gasteiger partial charge is 0.311 e. The minimum absolute atomic E-state index is 0.0243. The number of likely N-dealkylation sites (tertiary alicyclic amines) is 1. The molecule has 0 bridgehead atoms. The molecule has 2 heterocycles. The Hall–Kier alpha value is -1.49. The summed E-state index contributed by atoms with van der Waals surface area (Å²) >= 11 is 1.61. The second kappa shape index (κ2) is 5.61. The Morgan fingerprint density at radius 2 is 2.09 bits per heavy atom. The summed E-state index contributed by atoms with van der Waals surface area (Å²) in [7, 11) is 0. The molecule has 3 rings (SSSR count).